The second kappa shape index (κ2) is 7.07. The zero-order chi connectivity index (χ0) is 19.6. The molecule has 27 heavy (non-hydrogen) atoms. The van der Waals surface area contributed by atoms with Gasteiger partial charge in [-0.25, -0.2) is 0 Å². The van der Waals surface area contributed by atoms with Crippen LogP contribution in [0.15, 0.2) is 53.3 Å². The van der Waals surface area contributed by atoms with Crippen LogP contribution in [-0.2, 0) is 0 Å². The number of aryl methyl sites for hydroxylation is 1. The van der Waals surface area contributed by atoms with Crippen LogP contribution < -0.4 is 16.2 Å². The summed E-state index contributed by atoms with van der Waals surface area (Å²) in [7, 11) is 1.95. The fourth-order valence-corrected chi connectivity index (χ4v) is 2.90. The molecule has 0 radical (unpaired) electrons. The molecule has 2 aromatic carbocycles. The first-order chi connectivity index (χ1) is 13.0. The molecule has 0 spiro atoms. The summed E-state index contributed by atoms with van der Waals surface area (Å²) < 4.78 is 0. The Kier molecular flexibility index (Phi) is 4.66. The van der Waals surface area contributed by atoms with Gasteiger partial charge in [-0.15, -0.1) is 0 Å². The number of nitriles is 2. The number of hydrogen-bond donors (Lipinski definition) is 2. The highest BCUT2D eigenvalue weighted by molar-refractivity contribution is 5.81. The van der Waals surface area contributed by atoms with E-state index in [1.165, 1.54) is 5.56 Å². The summed E-state index contributed by atoms with van der Waals surface area (Å²) in [6, 6.07) is 19.3. The monoisotopic (exact) mass is 355 g/mol. The van der Waals surface area contributed by atoms with E-state index in [0.717, 1.165) is 11.4 Å². The number of aromatic amines is 1. The minimum atomic E-state index is -0.607. The van der Waals surface area contributed by atoms with Crippen molar-refractivity contribution in [3.05, 3.63) is 75.6 Å². The zero-order valence-corrected chi connectivity index (χ0v) is 14.9. The van der Waals surface area contributed by atoms with E-state index >= 15 is 0 Å². The van der Waals surface area contributed by atoms with Crippen LogP contribution in [0.4, 0.5) is 17.2 Å². The number of nitrogens with one attached hydrogen (secondary N) is 1. The van der Waals surface area contributed by atoms with Crippen LogP contribution >= 0.6 is 0 Å². The smallest absolute Gasteiger partial charge is 0.268 e. The molecule has 0 bridgehead atoms. The predicted molar refractivity (Wildman–Crippen MR) is 106 cm³/mol. The maximum absolute atomic E-state index is 12.0. The third-order valence-electron chi connectivity index (χ3n) is 4.43. The van der Waals surface area contributed by atoms with Crippen molar-refractivity contribution in [3.63, 3.8) is 0 Å². The minimum Gasteiger partial charge on any atom is -0.384 e. The number of H-pyrrole nitrogens is 1. The summed E-state index contributed by atoms with van der Waals surface area (Å²) in [5.74, 6) is -0.0441. The Morgan fingerprint density at radius 1 is 0.926 bits per heavy atom. The number of pyridine rings is 1. The lowest BCUT2D eigenvalue weighted by atomic mass is 9.96. The molecule has 3 aromatic rings. The first-order valence-corrected chi connectivity index (χ1v) is 8.23. The van der Waals surface area contributed by atoms with Crippen molar-refractivity contribution in [3.8, 4) is 23.3 Å². The number of anilines is 3. The molecule has 0 fully saturated rings. The van der Waals surface area contributed by atoms with E-state index in [2.05, 4.69) is 4.98 Å². The average Bonchev–Trinajstić information content (AvgIpc) is 2.67. The number of hydrogen-bond acceptors (Lipinski definition) is 5. The Bertz CT molecular complexity index is 1130. The van der Waals surface area contributed by atoms with Crippen LogP contribution in [-0.4, -0.2) is 12.0 Å². The van der Waals surface area contributed by atoms with E-state index in [1.807, 2.05) is 67.4 Å². The standard InChI is InChI=1S/C21H17N5O/c1-13-3-7-15(8-4-13)26(2)16-9-5-14(6-10-16)19-17(11-22)20(24)25-21(27)18(19)12-23/h3-10H,1-2H3,(H3,24,25,27). The molecule has 0 saturated carbocycles. The minimum absolute atomic E-state index is 0.0441. The molecule has 3 N–H and O–H groups in total. The lowest BCUT2D eigenvalue weighted by Gasteiger charge is -2.20. The highest BCUT2D eigenvalue weighted by atomic mass is 16.1. The summed E-state index contributed by atoms with van der Waals surface area (Å²) >= 11 is 0. The first-order valence-electron chi connectivity index (χ1n) is 8.23. The maximum atomic E-state index is 12.0. The van der Waals surface area contributed by atoms with Gasteiger partial charge >= 0.3 is 0 Å². The summed E-state index contributed by atoms with van der Waals surface area (Å²) in [4.78, 5) is 16.4. The van der Waals surface area contributed by atoms with Gasteiger partial charge in [-0.05, 0) is 36.8 Å². The molecule has 0 aliphatic rings. The molecule has 0 atom stereocenters. The molecular formula is C21H17N5O. The van der Waals surface area contributed by atoms with Gasteiger partial charge in [0.2, 0.25) is 0 Å². The molecule has 1 aromatic heterocycles. The second-order valence-electron chi connectivity index (χ2n) is 6.16. The van der Waals surface area contributed by atoms with Crippen molar-refractivity contribution in [2.24, 2.45) is 0 Å². The molecule has 0 amide bonds. The van der Waals surface area contributed by atoms with Gasteiger partial charge in [0.15, 0.2) is 0 Å². The van der Waals surface area contributed by atoms with Crippen LogP contribution in [0.1, 0.15) is 16.7 Å². The van der Waals surface area contributed by atoms with Crippen LogP contribution in [0.3, 0.4) is 0 Å². The number of aromatic nitrogens is 1. The summed E-state index contributed by atoms with van der Waals surface area (Å²) in [6.45, 7) is 2.03. The zero-order valence-electron chi connectivity index (χ0n) is 14.9. The van der Waals surface area contributed by atoms with E-state index in [9.17, 15) is 15.3 Å². The van der Waals surface area contributed by atoms with E-state index in [4.69, 9.17) is 5.73 Å². The lowest BCUT2D eigenvalue weighted by molar-refractivity contribution is 1.20. The number of nitrogen functional groups attached to an aromatic ring is 1. The highest BCUT2D eigenvalue weighted by Gasteiger charge is 2.18. The molecule has 1 heterocycles. The quantitative estimate of drug-likeness (QED) is 0.748. The van der Waals surface area contributed by atoms with Gasteiger partial charge < -0.3 is 15.6 Å². The third-order valence-corrected chi connectivity index (χ3v) is 4.43. The summed E-state index contributed by atoms with van der Waals surface area (Å²) in [5.41, 5.74) is 9.10. The van der Waals surface area contributed by atoms with Crippen molar-refractivity contribution < 1.29 is 0 Å². The summed E-state index contributed by atoms with van der Waals surface area (Å²) in [5, 5.41) is 18.8. The van der Waals surface area contributed by atoms with Crippen molar-refractivity contribution in [1.29, 1.82) is 10.5 Å². The van der Waals surface area contributed by atoms with E-state index in [0.29, 0.717) is 5.56 Å². The van der Waals surface area contributed by atoms with Crippen LogP contribution in [0.2, 0.25) is 0 Å². The SMILES string of the molecule is Cc1ccc(N(C)c2ccc(-c3c(C#N)c(N)[nH]c(=O)c3C#N)cc2)cc1. The van der Waals surface area contributed by atoms with Crippen LogP contribution in [0.25, 0.3) is 11.1 Å². The number of rotatable bonds is 3. The first kappa shape index (κ1) is 17.8. The van der Waals surface area contributed by atoms with Crippen molar-refractivity contribution >= 4 is 17.2 Å². The molecular weight excluding hydrogens is 338 g/mol. The molecule has 0 saturated heterocycles. The van der Waals surface area contributed by atoms with Gasteiger partial charge in [-0.1, -0.05) is 29.8 Å². The van der Waals surface area contributed by atoms with Gasteiger partial charge in [-0.3, -0.25) is 4.79 Å². The highest BCUT2D eigenvalue weighted by Crippen LogP contribution is 2.31. The Morgan fingerprint density at radius 3 is 1.96 bits per heavy atom. The van der Waals surface area contributed by atoms with E-state index in [-0.39, 0.29) is 22.5 Å². The van der Waals surface area contributed by atoms with Gasteiger partial charge in [0.05, 0.1) is 0 Å². The van der Waals surface area contributed by atoms with E-state index < -0.39 is 5.56 Å². The molecule has 132 valence electrons. The Hall–Kier alpha value is -4.03. The Labute approximate surface area is 156 Å². The lowest BCUT2D eigenvalue weighted by Crippen LogP contribution is -2.16. The number of nitrogens with zero attached hydrogens (tertiary/aromatic N) is 3. The predicted octanol–water partition coefficient (Wildman–Crippen LogP) is 3.44. The van der Waals surface area contributed by atoms with Gasteiger partial charge in [-0.2, -0.15) is 10.5 Å². The van der Waals surface area contributed by atoms with Crippen LogP contribution in [0, 0.1) is 29.6 Å². The molecule has 0 aliphatic heterocycles. The number of benzene rings is 2. The molecule has 6 nitrogen and oxygen atoms in total. The van der Waals surface area contributed by atoms with Gasteiger partial charge in [0.1, 0.15) is 29.1 Å². The normalized spacial score (nSPS) is 10.1. The van der Waals surface area contributed by atoms with Crippen LogP contribution in [0.5, 0.6) is 0 Å². The number of nitrogens with two attached hydrogens (primary N) is 1. The van der Waals surface area contributed by atoms with Gasteiger partial charge in [0, 0.05) is 24.0 Å². The van der Waals surface area contributed by atoms with Crippen molar-refractivity contribution in [2.45, 2.75) is 6.92 Å². The third kappa shape index (κ3) is 3.24. The topological polar surface area (TPSA) is 110 Å². The maximum Gasteiger partial charge on any atom is 0.268 e. The van der Waals surface area contributed by atoms with Gasteiger partial charge in [0.25, 0.3) is 5.56 Å². The van der Waals surface area contributed by atoms with E-state index in [1.54, 1.807) is 12.1 Å². The van der Waals surface area contributed by atoms with Crippen molar-refractivity contribution in [2.75, 3.05) is 17.7 Å². The molecule has 3 rings (SSSR count). The molecule has 0 aliphatic carbocycles. The molecule has 6 heteroatoms. The molecule has 0 unspecified atom stereocenters. The fourth-order valence-electron chi connectivity index (χ4n) is 2.90. The Balaban J connectivity index is 2.07. The Morgan fingerprint density at radius 2 is 1.44 bits per heavy atom. The fraction of sp³-hybridized carbons (Fsp3) is 0.0952. The average molecular weight is 355 g/mol. The second-order valence-corrected chi connectivity index (χ2v) is 6.16. The van der Waals surface area contributed by atoms with Crippen molar-refractivity contribution in [1.82, 2.24) is 4.98 Å². The summed E-state index contributed by atoms with van der Waals surface area (Å²) in [6.07, 6.45) is 0. The largest absolute Gasteiger partial charge is 0.384 e.